The molecule has 7 nitrogen and oxygen atoms in total. The van der Waals surface area contributed by atoms with Crippen LogP contribution in [0.4, 0.5) is 0 Å². The molecule has 0 aliphatic carbocycles. The summed E-state index contributed by atoms with van der Waals surface area (Å²) in [5, 5.41) is 9.62. The standard InChI is InChI=1S/C10H16N4O3/c1-3-5-14(7-9(15)17-4-2)10(16)8-6-11-13-12-8/h6H,3-5,7H2,1-2H3,(H,11,12,13). The van der Waals surface area contributed by atoms with Gasteiger partial charge in [0, 0.05) is 6.54 Å². The molecule has 1 N–H and O–H groups in total. The third-order valence-corrected chi connectivity index (χ3v) is 2.04. The third-order valence-electron chi connectivity index (χ3n) is 2.04. The zero-order chi connectivity index (χ0) is 12.7. The molecule has 1 amide bonds. The van der Waals surface area contributed by atoms with E-state index in [0.29, 0.717) is 13.2 Å². The zero-order valence-corrected chi connectivity index (χ0v) is 9.97. The summed E-state index contributed by atoms with van der Waals surface area (Å²) < 4.78 is 4.81. The van der Waals surface area contributed by atoms with Crippen LogP contribution in [0.15, 0.2) is 6.20 Å². The van der Waals surface area contributed by atoms with E-state index in [-0.39, 0.29) is 18.1 Å². The van der Waals surface area contributed by atoms with Gasteiger partial charge in [-0.3, -0.25) is 9.59 Å². The molecular formula is C10H16N4O3. The Labute approximate surface area is 99.1 Å². The van der Waals surface area contributed by atoms with E-state index in [1.807, 2.05) is 6.92 Å². The molecule has 0 spiro atoms. The van der Waals surface area contributed by atoms with Crippen molar-refractivity contribution >= 4 is 11.9 Å². The van der Waals surface area contributed by atoms with Crippen molar-refractivity contribution < 1.29 is 14.3 Å². The molecule has 0 atom stereocenters. The van der Waals surface area contributed by atoms with Gasteiger partial charge in [-0.2, -0.15) is 15.4 Å². The minimum atomic E-state index is -0.419. The Morgan fingerprint density at radius 2 is 2.24 bits per heavy atom. The van der Waals surface area contributed by atoms with Crippen molar-refractivity contribution in [3.8, 4) is 0 Å². The van der Waals surface area contributed by atoms with Crippen LogP contribution in [-0.2, 0) is 9.53 Å². The Balaban J connectivity index is 2.65. The zero-order valence-electron chi connectivity index (χ0n) is 9.97. The fourth-order valence-corrected chi connectivity index (χ4v) is 1.35. The molecule has 94 valence electrons. The summed E-state index contributed by atoms with van der Waals surface area (Å²) >= 11 is 0. The number of amides is 1. The van der Waals surface area contributed by atoms with Crippen LogP contribution in [0.2, 0.25) is 0 Å². The van der Waals surface area contributed by atoms with E-state index >= 15 is 0 Å². The first kappa shape index (κ1) is 13.1. The highest BCUT2D eigenvalue weighted by Gasteiger charge is 2.20. The van der Waals surface area contributed by atoms with Crippen molar-refractivity contribution in [2.24, 2.45) is 0 Å². The molecule has 17 heavy (non-hydrogen) atoms. The molecule has 1 aromatic rings. The van der Waals surface area contributed by atoms with Crippen LogP contribution in [0.3, 0.4) is 0 Å². The second kappa shape index (κ2) is 6.62. The first-order valence-electron chi connectivity index (χ1n) is 5.49. The normalized spacial score (nSPS) is 10.0. The van der Waals surface area contributed by atoms with Gasteiger partial charge in [-0.1, -0.05) is 6.92 Å². The number of ether oxygens (including phenoxy) is 1. The lowest BCUT2D eigenvalue weighted by molar-refractivity contribution is -0.143. The molecule has 0 aliphatic rings. The van der Waals surface area contributed by atoms with E-state index < -0.39 is 5.97 Å². The predicted octanol–water partition coefficient (Wildman–Crippen LogP) is 0.220. The van der Waals surface area contributed by atoms with Gasteiger partial charge in [0.15, 0.2) is 5.69 Å². The number of nitrogens with zero attached hydrogens (tertiary/aromatic N) is 3. The molecule has 0 saturated heterocycles. The number of hydrogen-bond donors (Lipinski definition) is 1. The van der Waals surface area contributed by atoms with Gasteiger partial charge in [0.05, 0.1) is 12.8 Å². The molecule has 0 aromatic carbocycles. The number of H-pyrrole nitrogens is 1. The maximum Gasteiger partial charge on any atom is 0.325 e. The largest absolute Gasteiger partial charge is 0.465 e. The molecule has 0 saturated carbocycles. The molecule has 0 bridgehead atoms. The highest BCUT2D eigenvalue weighted by molar-refractivity contribution is 5.93. The van der Waals surface area contributed by atoms with Crippen LogP contribution in [-0.4, -0.2) is 51.9 Å². The van der Waals surface area contributed by atoms with Crippen LogP contribution in [0, 0.1) is 0 Å². The summed E-state index contributed by atoms with van der Waals surface area (Å²) in [6.45, 7) is 4.37. The Kier molecular flexibility index (Phi) is 5.12. The van der Waals surface area contributed by atoms with Crippen LogP contribution < -0.4 is 0 Å². The lowest BCUT2D eigenvalue weighted by atomic mass is 10.3. The van der Waals surface area contributed by atoms with Crippen LogP contribution in [0.25, 0.3) is 0 Å². The average Bonchev–Trinajstić information content (AvgIpc) is 2.81. The predicted molar refractivity (Wildman–Crippen MR) is 59.2 cm³/mol. The molecular weight excluding hydrogens is 224 g/mol. The number of esters is 1. The molecule has 0 aliphatic heterocycles. The van der Waals surface area contributed by atoms with Crippen LogP contribution >= 0.6 is 0 Å². The van der Waals surface area contributed by atoms with E-state index in [0.717, 1.165) is 6.42 Å². The van der Waals surface area contributed by atoms with E-state index in [1.54, 1.807) is 6.92 Å². The van der Waals surface area contributed by atoms with Gasteiger partial charge in [0.1, 0.15) is 6.54 Å². The number of hydrogen-bond acceptors (Lipinski definition) is 5. The smallest absolute Gasteiger partial charge is 0.325 e. The van der Waals surface area contributed by atoms with E-state index in [9.17, 15) is 9.59 Å². The monoisotopic (exact) mass is 240 g/mol. The number of carbonyl (C=O) groups excluding carboxylic acids is 2. The summed E-state index contributed by atoms with van der Waals surface area (Å²) in [5.41, 5.74) is 0.197. The second-order valence-corrected chi connectivity index (χ2v) is 3.39. The average molecular weight is 240 g/mol. The van der Waals surface area contributed by atoms with Crippen LogP contribution in [0.5, 0.6) is 0 Å². The Bertz CT molecular complexity index is 364. The van der Waals surface area contributed by atoms with E-state index in [2.05, 4.69) is 15.4 Å². The minimum absolute atomic E-state index is 0.0621. The van der Waals surface area contributed by atoms with Gasteiger partial charge >= 0.3 is 5.97 Å². The number of aromatic nitrogens is 3. The van der Waals surface area contributed by atoms with Gasteiger partial charge in [-0.15, -0.1) is 0 Å². The highest BCUT2D eigenvalue weighted by Crippen LogP contribution is 2.01. The Hall–Kier alpha value is -1.92. The topological polar surface area (TPSA) is 88.2 Å². The van der Waals surface area contributed by atoms with Crippen molar-refractivity contribution in [3.05, 3.63) is 11.9 Å². The summed E-state index contributed by atoms with van der Waals surface area (Å²) in [6, 6.07) is 0. The number of nitrogens with one attached hydrogen (secondary N) is 1. The lowest BCUT2D eigenvalue weighted by Crippen LogP contribution is -2.37. The van der Waals surface area contributed by atoms with Crippen molar-refractivity contribution in [3.63, 3.8) is 0 Å². The molecule has 7 heteroatoms. The van der Waals surface area contributed by atoms with Gasteiger partial charge in [0.25, 0.3) is 5.91 Å². The quantitative estimate of drug-likeness (QED) is 0.718. The number of aromatic amines is 1. The lowest BCUT2D eigenvalue weighted by Gasteiger charge is -2.19. The molecule has 0 unspecified atom stereocenters. The summed E-state index contributed by atoms with van der Waals surface area (Å²) in [6.07, 6.45) is 2.08. The molecule has 0 fully saturated rings. The van der Waals surface area contributed by atoms with Crippen molar-refractivity contribution in [1.29, 1.82) is 0 Å². The van der Waals surface area contributed by atoms with Crippen molar-refractivity contribution in [2.75, 3.05) is 19.7 Å². The maximum absolute atomic E-state index is 11.9. The molecule has 1 rings (SSSR count). The summed E-state index contributed by atoms with van der Waals surface area (Å²) in [7, 11) is 0. The SMILES string of the molecule is CCCN(CC(=O)OCC)C(=O)c1cn[nH]n1. The summed E-state index contributed by atoms with van der Waals surface area (Å²) in [5.74, 6) is -0.744. The second-order valence-electron chi connectivity index (χ2n) is 3.39. The molecule has 1 aromatic heterocycles. The molecule has 1 heterocycles. The fourth-order valence-electron chi connectivity index (χ4n) is 1.35. The van der Waals surface area contributed by atoms with Crippen molar-refractivity contribution in [1.82, 2.24) is 20.3 Å². The Morgan fingerprint density at radius 3 is 2.76 bits per heavy atom. The number of carbonyl (C=O) groups is 2. The third kappa shape index (κ3) is 3.86. The van der Waals surface area contributed by atoms with E-state index in [4.69, 9.17) is 4.74 Å². The molecule has 0 radical (unpaired) electrons. The van der Waals surface area contributed by atoms with Crippen LogP contribution in [0.1, 0.15) is 30.8 Å². The maximum atomic E-state index is 11.9. The first-order valence-corrected chi connectivity index (χ1v) is 5.49. The first-order chi connectivity index (χ1) is 8.19. The van der Waals surface area contributed by atoms with Gasteiger partial charge < -0.3 is 9.64 Å². The van der Waals surface area contributed by atoms with Crippen molar-refractivity contribution in [2.45, 2.75) is 20.3 Å². The van der Waals surface area contributed by atoms with Gasteiger partial charge in [-0.05, 0) is 13.3 Å². The van der Waals surface area contributed by atoms with Gasteiger partial charge in [0.2, 0.25) is 0 Å². The minimum Gasteiger partial charge on any atom is -0.465 e. The number of rotatable bonds is 6. The summed E-state index contributed by atoms with van der Waals surface area (Å²) in [4.78, 5) is 24.7. The van der Waals surface area contributed by atoms with Gasteiger partial charge in [-0.25, -0.2) is 0 Å². The van der Waals surface area contributed by atoms with E-state index in [1.165, 1.54) is 11.1 Å². The fraction of sp³-hybridized carbons (Fsp3) is 0.600. The highest BCUT2D eigenvalue weighted by atomic mass is 16.5. The Morgan fingerprint density at radius 1 is 1.47 bits per heavy atom.